The number of methoxy groups -OCH3 is 1. The third kappa shape index (κ3) is 3.35. The van der Waals surface area contributed by atoms with Crippen molar-refractivity contribution in [2.24, 2.45) is 0 Å². The summed E-state index contributed by atoms with van der Waals surface area (Å²) in [5.41, 5.74) is 2.87. The Balaban J connectivity index is 1.70. The maximum atomic E-state index is 13.4. The second-order valence-corrected chi connectivity index (χ2v) is 7.21. The molecule has 2 heterocycles. The summed E-state index contributed by atoms with van der Waals surface area (Å²) < 4.78 is 8.69. The third-order valence-electron chi connectivity index (χ3n) is 5.08. The van der Waals surface area contributed by atoms with E-state index in [0.717, 1.165) is 18.4 Å². The molecule has 7 heteroatoms. The molecule has 0 aliphatic heterocycles. The number of fused-ring (bicyclic) bond motifs is 1. The van der Waals surface area contributed by atoms with Crippen molar-refractivity contribution in [3.8, 4) is 11.4 Å². The van der Waals surface area contributed by atoms with Crippen molar-refractivity contribution < 1.29 is 4.74 Å². The van der Waals surface area contributed by atoms with Gasteiger partial charge in [0.25, 0.3) is 0 Å². The zero-order valence-electron chi connectivity index (χ0n) is 16.1. The van der Waals surface area contributed by atoms with Crippen molar-refractivity contribution in [3.63, 3.8) is 0 Å². The Bertz CT molecular complexity index is 1230. The van der Waals surface area contributed by atoms with E-state index in [4.69, 9.17) is 4.74 Å². The fraction of sp³-hybridized carbons (Fsp3) is 0.227. The highest BCUT2D eigenvalue weighted by molar-refractivity contribution is 5.74. The number of hydrogen-bond acceptors (Lipinski definition) is 5. The average molecular weight is 387 g/mol. The summed E-state index contributed by atoms with van der Waals surface area (Å²) in [5, 5.41) is 3.32. The van der Waals surface area contributed by atoms with Gasteiger partial charge in [-0.05, 0) is 30.5 Å². The molecule has 1 N–H and O–H groups in total. The van der Waals surface area contributed by atoms with Gasteiger partial charge >= 0.3 is 5.69 Å². The van der Waals surface area contributed by atoms with Gasteiger partial charge in [0, 0.05) is 12.1 Å². The van der Waals surface area contributed by atoms with Crippen molar-refractivity contribution in [2.75, 3.05) is 12.4 Å². The van der Waals surface area contributed by atoms with E-state index in [1.807, 2.05) is 54.6 Å². The molecule has 4 aromatic rings. The Kier molecular flexibility index (Phi) is 4.27. The van der Waals surface area contributed by atoms with Gasteiger partial charge in [0.05, 0.1) is 25.5 Å². The van der Waals surface area contributed by atoms with Gasteiger partial charge in [-0.2, -0.15) is 4.98 Å². The number of ether oxygens (including phenoxy) is 1. The van der Waals surface area contributed by atoms with Gasteiger partial charge in [-0.3, -0.25) is 4.57 Å². The first-order valence-corrected chi connectivity index (χ1v) is 9.66. The Morgan fingerprint density at radius 3 is 2.72 bits per heavy atom. The molecule has 2 aromatic heterocycles. The minimum absolute atomic E-state index is 0.157. The average Bonchev–Trinajstić information content (AvgIpc) is 3.53. The lowest BCUT2D eigenvalue weighted by molar-refractivity contribution is 0.414. The standard InChI is InChI=1S/C22H21N5O2/c1-29-18-9-5-8-17(12-18)27-20-19(13-23-21(25-20)24-16-10-11-16)26(22(27)28)14-15-6-3-2-4-7-15/h2-9,12-13,16H,10-11,14H2,1H3,(H,23,24,25). The van der Waals surface area contributed by atoms with Crippen LogP contribution in [0.1, 0.15) is 18.4 Å². The van der Waals surface area contributed by atoms with Gasteiger partial charge < -0.3 is 10.1 Å². The maximum Gasteiger partial charge on any atom is 0.335 e. The lowest BCUT2D eigenvalue weighted by Gasteiger charge is -2.06. The SMILES string of the molecule is COc1cccc(-n2c(=O)n(Cc3ccccc3)c3cnc(NC4CC4)nc32)c1. The molecule has 0 saturated heterocycles. The first-order chi connectivity index (χ1) is 14.2. The summed E-state index contributed by atoms with van der Waals surface area (Å²) in [6.45, 7) is 0.450. The van der Waals surface area contributed by atoms with Crippen LogP contribution in [0.4, 0.5) is 5.95 Å². The van der Waals surface area contributed by atoms with Crippen LogP contribution in [-0.2, 0) is 6.54 Å². The van der Waals surface area contributed by atoms with Crippen LogP contribution >= 0.6 is 0 Å². The Morgan fingerprint density at radius 1 is 1.14 bits per heavy atom. The quantitative estimate of drug-likeness (QED) is 0.550. The predicted octanol–water partition coefficient (Wildman–Crippen LogP) is 3.21. The zero-order chi connectivity index (χ0) is 19.8. The zero-order valence-corrected chi connectivity index (χ0v) is 16.1. The molecule has 5 rings (SSSR count). The third-order valence-corrected chi connectivity index (χ3v) is 5.08. The van der Waals surface area contributed by atoms with Gasteiger partial charge in [0.15, 0.2) is 5.65 Å². The second-order valence-electron chi connectivity index (χ2n) is 7.21. The minimum Gasteiger partial charge on any atom is -0.497 e. The summed E-state index contributed by atoms with van der Waals surface area (Å²) in [7, 11) is 1.61. The normalized spacial score (nSPS) is 13.6. The van der Waals surface area contributed by atoms with E-state index in [1.54, 1.807) is 22.4 Å². The number of aromatic nitrogens is 4. The lowest BCUT2D eigenvalue weighted by Crippen LogP contribution is -2.23. The van der Waals surface area contributed by atoms with Gasteiger partial charge in [0.1, 0.15) is 11.3 Å². The maximum absolute atomic E-state index is 13.4. The van der Waals surface area contributed by atoms with Crippen LogP contribution in [0.2, 0.25) is 0 Å². The number of imidazole rings is 1. The monoisotopic (exact) mass is 387 g/mol. The molecule has 0 unspecified atom stereocenters. The van der Waals surface area contributed by atoms with Crippen molar-refractivity contribution in [1.29, 1.82) is 0 Å². The molecule has 7 nitrogen and oxygen atoms in total. The molecule has 0 spiro atoms. The van der Waals surface area contributed by atoms with E-state index >= 15 is 0 Å². The molecule has 0 atom stereocenters. The van der Waals surface area contributed by atoms with Crippen LogP contribution in [0.5, 0.6) is 5.75 Å². The molecule has 2 aromatic carbocycles. The number of nitrogens with one attached hydrogen (secondary N) is 1. The number of benzene rings is 2. The van der Waals surface area contributed by atoms with Gasteiger partial charge in [0.2, 0.25) is 5.95 Å². The summed E-state index contributed by atoms with van der Waals surface area (Å²) in [4.78, 5) is 22.6. The van der Waals surface area contributed by atoms with Crippen LogP contribution < -0.4 is 15.7 Å². The van der Waals surface area contributed by atoms with E-state index in [1.165, 1.54) is 0 Å². The highest BCUT2D eigenvalue weighted by Gasteiger charge is 2.23. The first kappa shape index (κ1) is 17.5. The van der Waals surface area contributed by atoms with E-state index in [9.17, 15) is 4.79 Å². The minimum atomic E-state index is -0.157. The van der Waals surface area contributed by atoms with Crippen LogP contribution in [-0.4, -0.2) is 32.3 Å². The number of anilines is 1. The molecule has 1 aliphatic carbocycles. The fourth-order valence-electron chi connectivity index (χ4n) is 3.42. The second kappa shape index (κ2) is 7.09. The molecule has 29 heavy (non-hydrogen) atoms. The smallest absolute Gasteiger partial charge is 0.335 e. The van der Waals surface area contributed by atoms with E-state index in [0.29, 0.717) is 41.1 Å². The van der Waals surface area contributed by atoms with E-state index in [2.05, 4.69) is 15.3 Å². The van der Waals surface area contributed by atoms with Crippen molar-refractivity contribution in [1.82, 2.24) is 19.1 Å². The predicted molar refractivity (Wildman–Crippen MR) is 112 cm³/mol. The Morgan fingerprint density at radius 2 is 1.97 bits per heavy atom. The van der Waals surface area contributed by atoms with E-state index in [-0.39, 0.29) is 5.69 Å². The highest BCUT2D eigenvalue weighted by atomic mass is 16.5. The Hall–Kier alpha value is -3.61. The molecule has 1 saturated carbocycles. The number of nitrogens with zero attached hydrogens (tertiary/aromatic N) is 4. The summed E-state index contributed by atoms with van der Waals surface area (Å²) in [6, 6.07) is 17.8. The van der Waals surface area contributed by atoms with Crippen LogP contribution in [0, 0.1) is 0 Å². The van der Waals surface area contributed by atoms with Crippen LogP contribution in [0.3, 0.4) is 0 Å². The molecule has 1 aliphatic rings. The Labute approximate surface area is 167 Å². The highest BCUT2D eigenvalue weighted by Crippen LogP contribution is 2.25. The molecule has 0 bridgehead atoms. The van der Waals surface area contributed by atoms with Crippen molar-refractivity contribution >= 4 is 17.1 Å². The number of rotatable bonds is 6. The van der Waals surface area contributed by atoms with Crippen molar-refractivity contribution in [2.45, 2.75) is 25.4 Å². The van der Waals surface area contributed by atoms with Gasteiger partial charge in [-0.25, -0.2) is 14.3 Å². The lowest BCUT2D eigenvalue weighted by atomic mass is 10.2. The summed E-state index contributed by atoms with van der Waals surface area (Å²) >= 11 is 0. The van der Waals surface area contributed by atoms with Crippen molar-refractivity contribution in [3.05, 3.63) is 76.8 Å². The summed E-state index contributed by atoms with van der Waals surface area (Å²) in [6.07, 6.45) is 3.98. The molecule has 1 fully saturated rings. The molecular formula is C22H21N5O2. The van der Waals surface area contributed by atoms with E-state index < -0.39 is 0 Å². The molecule has 0 amide bonds. The fourth-order valence-corrected chi connectivity index (χ4v) is 3.42. The largest absolute Gasteiger partial charge is 0.497 e. The van der Waals surface area contributed by atoms with Crippen LogP contribution in [0.15, 0.2) is 65.6 Å². The summed E-state index contributed by atoms with van der Waals surface area (Å²) in [5.74, 6) is 1.23. The molecule has 0 radical (unpaired) electrons. The first-order valence-electron chi connectivity index (χ1n) is 9.66. The molecular weight excluding hydrogens is 366 g/mol. The topological polar surface area (TPSA) is 74.0 Å². The van der Waals surface area contributed by atoms with Gasteiger partial charge in [-0.15, -0.1) is 0 Å². The van der Waals surface area contributed by atoms with Gasteiger partial charge in [-0.1, -0.05) is 36.4 Å². The van der Waals surface area contributed by atoms with Crippen LogP contribution in [0.25, 0.3) is 16.9 Å². The molecule has 146 valence electrons. The number of hydrogen-bond donors (Lipinski definition) is 1.